The van der Waals surface area contributed by atoms with Crippen molar-refractivity contribution in [2.45, 2.75) is 25.9 Å². The van der Waals surface area contributed by atoms with Crippen LogP contribution >= 0.6 is 23.2 Å². The molecule has 16 heavy (non-hydrogen) atoms. The Labute approximate surface area is 106 Å². The third-order valence-electron chi connectivity index (χ3n) is 2.89. The summed E-state index contributed by atoms with van der Waals surface area (Å²) in [5, 5.41) is 0.864. The molecule has 0 aliphatic rings. The molecule has 2 N–H and O–H groups in total. The minimum absolute atomic E-state index is 0.0203. The Hall–Kier alpha value is -0.310. The van der Waals surface area contributed by atoms with Gasteiger partial charge in [0.2, 0.25) is 0 Å². The van der Waals surface area contributed by atoms with E-state index in [4.69, 9.17) is 28.9 Å². The summed E-state index contributed by atoms with van der Waals surface area (Å²) in [5.41, 5.74) is 4.76. The highest BCUT2D eigenvalue weighted by Crippen LogP contribution is 2.32. The molecule has 0 amide bonds. The predicted octanol–water partition coefficient (Wildman–Crippen LogP) is 3.86. The third-order valence-corrected chi connectivity index (χ3v) is 3.75. The van der Waals surface area contributed by atoms with Crippen molar-refractivity contribution in [1.82, 2.24) is 0 Å². The first-order valence-electron chi connectivity index (χ1n) is 5.22. The molecule has 1 aromatic carbocycles. The first-order valence-corrected chi connectivity index (χ1v) is 5.98. The van der Waals surface area contributed by atoms with Crippen molar-refractivity contribution in [3.05, 3.63) is 33.8 Å². The van der Waals surface area contributed by atoms with Crippen molar-refractivity contribution < 1.29 is 4.39 Å². The quantitative estimate of drug-likeness (QED) is 0.878. The number of nitrogens with two attached hydrogens (primary N) is 1. The number of hydrogen-bond donors (Lipinski definition) is 1. The zero-order valence-corrected chi connectivity index (χ0v) is 10.9. The molecule has 90 valence electrons. The molecule has 0 aliphatic carbocycles. The molecule has 0 fully saturated rings. The van der Waals surface area contributed by atoms with E-state index in [0.717, 1.165) is 0 Å². The van der Waals surface area contributed by atoms with Crippen LogP contribution in [0.15, 0.2) is 18.2 Å². The Bertz CT molecular complexity index is 368. The largest absolute Gasteiger partial charge is 0.328 e. The van der Waals surface area contributed by atoms with Crippen LogP contribution in [0.25, 0.3) is 0 Å². The van der Waals surface area contributed by atoms with Crippen LogP contribution in [0.2, 0.25) is 10.0 Å². The Kier molecular flexibility index (Phi) is 4.60. The Morgan fingerprint density at radius 1 is 1.38 bits per heavy atom. The lowest BCUT2D eigenvalue weighted by Crippen LogP contribution is -2.40. The Balaban J connectivity index is 2.99. The molecule has 1 unspecified atom stereocenters. The van der Waals surface area contributed by atoms with Gasteiger partial charge in [-0.15, -0.1) is 0 Å². The fourth-order valence-electron chi connectivity index (χ4n) is 1.51. The van der Waals surface area contributed by atoms with Gasteiger partial charge in [-0.1, -0.05) is 49.2 Å². The van der Waals surface area contributed by atoms with E-state index in [1.165, 1.54) is 0 Å². The van der Waals surface area contributed by atoms with Crippen LogP contribution in [-0.4, -0.2) is 12.2 Å². The number of benzene rings is 1. The number of rotatable bonds is 4. The number of alkyl halides is 1. The molecule has 0 aliphatic heterocycles. The SMILES string of the molecule is CC(C)C(F)(CN)Cc1cccc(Cl)c1Cl. The topological polar surface area (TPSA) is 26.0 Å². The third kappa shape index (κ3) is 2.88. The monoisotopic (exact) mass is 263 g/mol. The zero-order chi connectivity index (χ0) is 12.3. The molecule has 0 heterocycles. The maximum absolute atomic E-state index is 14.4. The molecular weight excluding hydrogens is 248 g/mol. The van der Waals surface area contributed by atoms with Crippen molar-refractivity contribution in [2.75, 3.05) is 6.54 Å². The van der Waals surface area contributed by atoms with Crippen LogP contribution in [0, 0.1) is 5.92 Å². The van der Waals surface area contributed by atoms with Crippen molar-refractivity contribution in [2.24, 2.45) is 11.7 Å². The molecule has 0 bridgehead atoms. The van der Waals surface area contributed by atoms with Crippen molar-refractivity contribution in [3.63, 3.8) is 0 Å². The van der Waals surface area contributed by atoms with Crippen LogP contribution in [0.5, 0.6) is 0 Å². The maximum atomic E-state index is 14.4. The average Bonchev–Trinajstić information content (AvgIpc) is 2.24. The summed E-state index contributed by atoms with van der Waals surface area (Å²) >= 11 is 11.9. The standard InChI is InChI=1S/C12H16Cl2FN/c1-8(2)12(15,7-16)6-9-4-3-5-10(13)11(9)14/h3-5,8H,6-7,16H2,1-2H3. The molecule has 0 radical (unpaired) electrons. The highest BCUT2D eigenvalue weighted by Gasteiger charge is 2.33. The Morgan fingerprint density at radius 3 is 2.50 bits per heavy atom. The van der Waals surface area contributed by atoms with Gasteiger partial charge in [0.15, 0.2) is 0 Å². The van der Waals surface area contributed by atoms with Gasteiger partial charge in [-0.25, -0.2) is 4.39 Å². The Morgan fingerprint density at radius 2 is 2.00 bits per heavy atom. The lowest BCUT2D eigenvalue weighted by molar-refractivity contribution is 0.110. The molecule has 1 rings (SSSR count). The summed E-state index contributed by atoms with van der Waals surface area (Å²) < 4.78 is 14.4. The summed E-state index contributed by atoms with van der Waals surface area (Å²) in [7, 11) is 0. The van der Waals surface area contributed by atoms with E-state index in [1.54, 1.807) is 18.2 Å². The average molecular weight is 264 g/mol. The maximum Gasteiger partial charge on any atom is 0.129 e. The lowest BCUT2D eigenvalue weighted by Gasteiger charge is -2.28. The molecule has 1 atom stereocenters. The van der Waals surface area contributed by atoms with Gasteiger partial charge >= 0.3 is 0 Å². The van der Waals surface area contributed by atoms with Crippen molar-refractivity contribution in [3.8, 4) is 0 Å². The van der Waals surface area contributed by atoms with Crippen molar-refractivity contribution in [1.29, 1.82) is 0 Å². The minimum atomic E-state index is -1.44. The van der Waals surface area contributed by atoms with Gasteiger partial charge in [-0.3, -0.25) is 0 Å². The molecule has 0 aromatic heterocycles. The van der Waals surface area contributed by atoms with Gasteiger partial charge in [-0.05, 0) is 17.5 Å². The smallest absolute Gasteiger partial charge is 0.129 e. The van der Waals surface area contributed by atoms with E-state index in [2.05, 4.69) is 0 Å². The lowest BCUT2D eigenvalue weighted by atomic mass is 9.86. The second-order valence-corrected chi connectivity index (χ2v) is 5.07. The van der Waals surface area contributed by atoms with Crippen LogP contribution < -0.4 is 5.73 Å². The molecule has 1 aromatic rings. The van der Waals surface area contributed by atoms with Gasteiger partial charge < -0.3 is 5.73 Å². The predicted molar refractivity (Wildman–Crippen MR) is 67.9 cm³/mol. The van der Waals surface area contributed by atoms with Gasteiger partial charge in [0.1, 0.15) is 5.67 Å². The summed E-state index contributed by atoms with van der Waals surface area (Å²) in [4.78, 5) is 0. The van der Waals surface area contributed by atoms with Gasteiger partial charge in [-0.2, -0.15) is 0 Å². The van der Waals surface area contributed by atoms with E-state index < -0.39 is 5.67 Å². The second-order valence-electron chi connectivity index (χ2n) is 4.28. The fraction of sp³-hybridized carbons (Fsp3) is 0.500. The zero-order valence-electron chi connectivity index (χ0n) is 9.43. The number of halogens is 3. The summed E-state index contributed by atoms with van der Waals surface area (Å²) in [6.07, 6.45) is 0.195. The van der Waals surface area contributed by atoms with Crippen molar-refractivity contribution >= 4 is 23.2 Å². The molecule has 4 heteroatoms. The fourth-order valence-corrected chi connectivity index (χ4v) is 1.90. The first kappa shape index (κ1) is 13.8. The molecule has 0 saturated heterocycles. The van der Waals surface area contributed by atoms with Gasteiger partial charge in [0, 0.05) is 13.0 Å². The van der Waals surface area contributed by atoms with E-state index in [1.807, 2.05) is 13.8 Å². The number of hydrogen-bond acceptors (Lipinski definition) is 1. The normalized spacial score (nSPS) is 15.2. The summed E-state index contributed by atoms with van der Waals surface area (Å²) in [5.74, 6) is -0.160. The summed E-state index contributed by atoms with van der Waals surface area (Å²) in [6, 6.07) is 5.23. The van der Waals surface area contributed by atoms with Gasteiger partial charge in [0.25, 0.3) is 0 Å². The highest BCUT2D eigenvalue weighted by atomic mass is 35.5. The molecule has 1 nitrogen and oxygen atoms in total. The van der Waals surface area contributed by atoms with Crippen LogP contribution in [0.4, 0.5) is 4.39 Å². The highest BCUT2D eigenvalue weighted by molar-refractivity contribution is 6.42. The second kappa shape index (κ2) is 5.35. The minimum Gasteiger partial charge on any atom is -0.328 e. The van der Waals surface area contributed by atoms with Crippen LogP contribution in [0.3, 0.4) is 0 Å². The first-order chi connectivity index (χ1) is 7.40. The molecular formula is C12H16Cl2FN. The van der Waals surface area contributed by atoms with E-state index in [-0.39, 0.29) is 18.9 Å². The van der Waals surface area contributed by atoms with E-state index in [0.29, 0.717) is 15.6 Å². The van der Waals surface area contributed by atoms with Crippen LogP contribution in [0.1, 0.15) is 19.4 Å². The molecule has 0 spiro atoms. The van der Waals surface area contributed by atoms with Crippen LogP contribution in [-0.2, 0) is 6.42 Å². The summed E-state index contributed by atoms with van der Waals surface area (Å²) in [6.45, 7) is 3.60. The molecule has 0 saturated carbocycles. The van der Waals surface area contributed by atoms with E-state index >= 15 is 0 Å². The van der Waals surface area contributed by atoms with E-state index in [9.17, 15) is 4.39 Å². The van der Waals surface area contributed by atoms with Gasteiger partial charge in [0.05, 0.1) is 10.0 Å².